The first kappa shape index (κ1) is 15.9. The summed E-state index contributed by atoms with van der Waals surface area (Å²) in [5.41, 5.74) is 2.92. The van der Waals surface area contributed by atoms with Crippen LogP contribution in [0.3, 0.4) is 0 Å². The zero-order valence-corrected chi connectivity index (χ0v) is 14.0. The van der Waals surface area contributed by atoms with Crippen molar-refractivity contribution < 1.29 is 4.79 Å². The highest BCUT2D eigenvalue weighted by molar-refractivity contribution is 5.93. The van der Waals surface area contributed by atoms with Gasteiger partial charge in [0.1, 0.15) is 0 Å². The number of hydrogen-bond donors (Lipinski definition) is 0. The fraction of sp³-hybridized carbons (Fsp3) is 0.211. The number of hydrogen-bond acceptors (Lipinski definition) is 3. The summed E-state index contributed by atoms with van der Waals surface area (Å²) >= 11 is 0. The van der Waals surface area contributed by atoms with Gasteiger partial charge in [-0.25, -0.2) is 0 Å². The summed E-state index contributed by atoms with van der Waals surface area (Å²) in [5, 5.41) is 8.77. The molecule has 5 heteroatoms. The van der Waals surface area contributed by atoms with E-state index in [-0.39, 0.29) is 11.9 Å². The smallest absolute Gasteiger partial charge is 0.276 e. The van der Waals surface area contributed by atoms with E-state index in [1.807, 2.05) is 67.6 Å². The molecule has 3 rings (SSSR count). The van der Waals surface area contributed by atoms with E-state index in [1.54, 1.807) is 18.9 Å². The second-order valence-corrected chi connectivity index (χ2v) is 5.76. The monoisotopic (exact) mass is 320 g/mol. The number of aromatic nitrogens is 3. The lowest BCUT2D eigenvalue weighted by molar-refractivity contribution is 0.0735. The molecule has 1 atom stereocenters. The Kier molecular flexibility index (Phi) is 4.42. The molecule has 2 aromatic carbocycles. The lowest BCUT2D eigenvalue weighted by Gasteiger charge is -2.24. The van der Waals surface area contributed by atoms with Crippen molar-refractivity contribution in [2.45, 2.75) is 19.9 Å². The summed E-state index contributed by atoms with van der Waals surface area (Å²) < 4.78 is 0. The SMILES string of the molecule is Cc1nn(-c2ccccc2)nc1C(=O)N(C)C(C)c1ccccc1. The van der Waals surface area contributed by atoms with Crippen molar-refractivity contribution >= 4 is 5.91 Å². The van der Waals surface area contributed by atoms with Crippen LogP contribution in [0.15, 0.2) is 60.7 Å². The summed E-state index contributed by atoms with van der Waals surface area (Å²) in [7, 11) is 1.79. The molecule has 0 aliphatic carbocycles. The van der Waals surface area contributed by atoms with Gasteiger partial charge in [-0.2, -0.15) is 9.90 Å². The van der Waals surface area contributed by atoms with Crippen LogP contribution >= 0.6 is 0 Å². The van der Waals surface area contributed by atoms with Gasteiger partial charge in [0.2, 0.25) is 0 Å². The van der Waals surface area contributed by atoms with Gasteiger partial charge in [0.25, 0.3) is 5.91 Å². The van der Waals surface area contributed by atoms with Gasteiger partial charge in [-0.3, -0.25) is 4.79 Å². The number of para-hydroxylation sites is 1. The fourth-order valence-corrected chi connectivity index (χ4v) is 2.55. The first-order chi connectivity index (χ1) is 11.6. The molecule has 0 radical (unpaired) electrons. The lowest BCUT2D eigenvalue weighted by Crippen LogP contribution is -2.30. The van der Waals surface area contributed by atoms with E-state index in [4.69, 9.17) is 0 Å². The minimum atomic E-state index is -0.133. The summed E-state index contributed by atoms with van der Waals surface area (Å²) in [6, 6.07) is 19.5. The number of carbonyl (C=O) groups is 1. The van der Waals surface area contributed by atoms with Crippen LogP contribution in [0, 0.1) is 6.92 Å². The molecular weight excluding hydrogens is 300 g/mol. The summed E-state index contributed by atoms with van der Waals surface area (Å²) in [4.78, 5) is 16.0. The summed E-state index contributed by atoms with van der Waals surface area (Å²) in [5.74, 6) is -0.133. The molecule has 0 fully saturated rings. The highest BCUT2D eigenvalue weighted by Crippen LogP contribution is 2.20. The minimum Gasteiger partial charge on any atom is -0.333 e. The van der Waals surface area contributed by atoms with Crippen molar-refractivity contribution in [3.63, 3.8) is 0 Å². The Morgan fingerprint density at radius 3 is 2.21 bits per heavy atom. The number of rotatable bonds is 4. The number of aryl methyl sites for hydroxylation is 1. The number of carbonyl (C=O) groups excluding carboxylic acids is 1. The van der Waals surface area contributed by atoms with Gasteiger partial charge in [0, 0.05) is 7.05 Å². The molecule has 1 amide bonds. The molecule has 0 spiro atoms. The van der Waals surface area contributed by atoms with Crippen molar-refractivity contribution in [2.75, 3.05) is 7.05 Å². The first-order valence-electron chi connectivity index (χ1n) is 7.89. The fourth-order valence-electron chi connectivity index (χ4n) is 2.55. The molecule has 0 aliphatic heterocycles. The predicted molar refractivity (Wildman–Crippen MR) is 93.0 cm³/mol. The van der Waals surface area contributed by atoms with E-state index >= 15 is 0 Å². The van der Waals surface area contributed by atoms with Crippen molar-refractivity contribution in [3.05, 3.63) is 77.6 Å². The molecule has 0 bridgehead atoms. The molecule has 0 saturated carbocycles. The molecule has 5 nitrogen and oxygen atoms in total. The highest BCUT2D eigenvalue weighted by atomic mass is 16.2. The molecule has 1 aromatic heterocycles. The van der Waals surface area contributed by atoms with Crippen LogP contribution in [0.4, 0.5) is 0 Å². The quantitative estimate of drug-likeness (QED) is 0.740. The van der Waals surface area contributed by atoms with Gasteiger partial charge in [-0.1, -0.05) is 48.5 Å². The van der Waals surface area contributed by atoms with E-state index < -0.39 is 0 Å². The van der Waals surface area contributed by atoms with Crippen LogP contribution in [-0.2, 0) is 0 Å². The number of amides is 1. The molecule has 24 heavy (non-hydrogen) atoms. The third-order valence-electron chi connectivity index (χ3n) is 4.16. The lowest BCUT2D eigenvalue weighted by atomic mass is 10.1. The Balaban J connectivity index is 1.86. The van der Waals surface area contributed by atoms with E-state index in [0.29, 0.717) is 11.4 Å². The summed E-state index contributed by atoms with van der Waals surface area (Å²) in [6.07, 6.45) is 0. The Morgan fingerprint density at radius 1 is 1.00 bits per heavy atom. The molecule has 1 unspecified atom stereocenters. The Hall–Kier alpha value is -2.95. The van der Waals surface area contributed by atoms with E-state index in [0.717, 1.165) is 11.3 Å². The molecule has 0 aliphatic rings. The molecule has 0 saturated heterocycles. The highest BCUT2D eigenvalue weighted by Gasteiger charge is 2.24. The van der Waals surface area contributed by atoms with Gasteiger partial charge in [0.15, 0.2) is 5.69 Å². The van der Waals surface area contributed by atoms with Crippen molar-refractivity contribution in [1.29, 1.82) is 0 Å². The van der Waals surface area contributed by atoms with Crippen LogP contribution in [-0.4, -0.2) is 32.8 Å². The van der Waals surface area contributed by atoms with Crippen LogP contribution in [0.2, 0.25) is 0 Å². The van der Waals surface area contributed by atoms with Gasteiger partial charge >= 0.3 is 0 Å². The molecule has 3 aromatic rings. The number of nitrogens with zero attached hydrogens (tertiary/aromatic N) is 4. The third kappa shape index (κ3) is 3.06. The van der Waals surface area contributed by atoms with Gasteiger partial charge in [-0.05, 0) is 31.5 Å². The van der Waals surface area contributed by atoms with Crippen LogP contribution in [0.5, 0.6) is 0 Å². The second kappa shape index (κ2) is 6.66. The normalized spacial score (nSPS) is 12.0. The van der Waals surface area contributed by atoms with E-state index in [1.165, 1.54) is 4.80 Å². The maximum Gasteiger partial charge on any atom is 0.276 e. The molecule has 0 N–H and O–H groups in total. The van der Waals surface area contributed by atoms with Gasteiger partial charge in [-0.15, -0.1) is 5.10 Å². The van der Waals surface area contributed by atoms with Crippen molar-refractivity contribution in [3.8, 4) is 5.69 Å². The average molecular weight is 320 g/mol. The van der Waals surface area contributed by atoms with Crippen LogP contribution in [0.1, 0.15) is 34.7 Å². The van der Waals surface area contributed by atoms with Crippen molar-refractivity contribution in [1.82, 2.24) is 19.9 Å². The minimum absolute atomic E-state index is 0.0417. The first-order valence-corrected chi connectivity index (χ1v) is 7.89. The Labute approximate surface area is 141 Å². The van der Waals surface area contributed by atoms with Crippen LogP contribution in [0.25, 0.3) is 5.69 Å². The van der Waals surface area contributed by atoms with E-state index in [2.05, 4.69) is 10.2 Å². The summed E-state index contributed by atoms with van der Waals surface area (Å²) in [6.45, 7) is 3.81. The third-order valence-corrected chi connectivity index (χ3v) is 4.16. The number of benzene rings is 2. The zero-order chi connectivity index (χ0) is 17.1. The van der Waals surface area contributed by atoms with Gasteiger partial charge < -0.3 is 4.90 Å². The maximum atomic E-state index is 12.8. The van der Waals surface area contributed by atoms with Crippen LogP contribution < -0.4 is 0 Å². The topological polar surface area (TPSA) is 51.0 Å². The predicted octanol–water partition coefficient (Wildman–Crippen LogP) is 3.41. The molecule has 122 valence electrons. The molecular formula is C19H20N4O. The van der Waals surface area contributed by atoms with Gasteiger partial charge in [0.05, 0.1) is 17.4 Å². The van der Waals surface area contributed by atoms with Crippen molar-refractivity contribution in [2.24, 2.45) is 0 Å². The standard InChI is InChI=1S/C19H20N4O/c1-14-18(21-23(20-14)17-12-8-5-9-13-17)19(24)22(3)15(2)16-10-6-4-7-11-16/h4-13,15H,1-3H3. The zero-order valence-electron chi connectivity index (χ0n) is 14.0. The maximum absolute atomic E-state index is 12.8. The van der Waals surface area contributed by atoms with E-state index in [9.17, 15) is 4.79 Å². The average Bonchev–Trinajstić information content (AvgIpc) is 3.03. The Morgan fingerprint density at radius 2 is 1.58 bits per heavy atom. The molecule has 1 heterocycles. The Bertz CT molecular complexity index is 827. The largest absolute Gasteiger partial charge is 0.333 e. The second-order valence-electron chi connectivity index (χ2n) is 5.76.